The van der Waals surface area contributed by atoms with Gasteiger partial charge in [-0.3, -0.25) is 4.79 Å². The van der Waals surface area contributed by atoms with Crippen molar-refractivity contribution in [2.45, 2.75) is 31.2 Å². The van der Waals surface area contributed by atoms with Gasteiger partial charge in [-0.15, -0.1) is 11.6 Å². The van der Waals surface area contributed by atoms with Gasteiger partial charge in [-0.1, -0.05) is 0 Å². The number of likely N-dealkylation sites (tertiary alicyclic amines) is 1. The van der Waals surface area contributed by atoms with Gasteiger partial charge in [-0.2, -0.15) is 0 Å². The maximum absolute atomic E-state index is 11.8. The van der Waals surface area contributed by atoms with Crippen molar-refractivity contribution in [1.29, 1.82) is 0 Å². The van der Waals surface area contributed by atoms with Gasteiger partial charge in [0.15, 0.2) is 0 Å². The number of nitrogens with zero attached hydrogens (tertiary/aromatic N) is 1. The molecule has 1 atom stereocenters. The lowest BCUT2D eigenvalue weighted by molar-refractivity contribution is -0.135. The van der Waals surface area contributed by atoms with E-state index < -0.39 is 0 Å². The van der Waals surface area contributed by atoms with Gasteiger partial charge >= 0.3 is 0 Å². The number of hydrogen-bond acceptors (Lipinski definition) is 2. The van der Waals surface area contributed by atoms with E-state index in [4.69, 9.17) is 16.3 Å². The zero-order valence-corrected chi connectivity index (χ0v) is 9.05. The second-order valence-corrected chi connectivity index (χ2v) is 4.49. The van der Waals surface area contributed by atoms with E-state index >= 15 is 0 Å². The fourth-order valence-electron chi connectivity index (χ4n) is 2.55. The third kappa shape index (κ3) is 1.63. The minimum atomic E-state index is 0.0309. The number of carbonyl (C=O) groups excluding carboxylic acids is 1. The predicted octanol–water partition coefficient (Wildman–Crippen LogP) is 1.40. The van der Waals surface area contributed by atoms with Crippen LogP contribution in [0.5, 0.6) is 0 Å². The summed E-state index contributed by atoms with van der Waals surface area (Å²) < 4.78 is 5.41. The maximum atomic E-state index is 11.8. The number of rotatable bonds is 2. The van der Waals surface area contributed by atoms with Crippen molar-refractivity contribution in [2.75, 3.05) is 25.6 Å². The van der Waals surface area contributed by atoms with Crippen LogP contribution in [0.1, 0.15) is 25.7 Å². The first-order valence-electron chi connectivity index (χ1n) is 5.23. The van der Waals surface area contributed by atoms with Crippen LogP contribution >= 0.6 is 11.6 Å². The Balaban J connectivity index is 2.06. The standard InChI is InChI=1S/C10H16ClNO2/c11-5-2-9(13)12-6-1-3-10(12)4-7-14-8-10/h1-8H2. The molecule has 2 heterocycles. The quantitative estimate of drug-likeness (QED) is 0.655. The van der Waals surface area contributed by atoms with Gasteiger partial charge in [0.25, 0.3) is 0 Å². The van der Waals surface area contributed by atoms with Crippen LogP contribution in [-0.4, -0.2) is 42.0 Å². The van der Waals surface area contributed by atoms with Crippen LogP contribution in [0.3, 0.4) is 0 Å². The van der Waals surface area contributed by atoms with Gasteiger partial charge < -0.3 is 9.64 Å². The van der Waals surface area contributed by atoms with E-state index in [1.54, 1.807) is 0 Å². The average Bonchev–Trinajstić information content (AvgIpc) is 2.78. The largest absolute Gasteiger partial charge is 0.379 e. The number of hydrogen-bond donors (Lipinski definition) is 0. The topological polar surface area (TPSA) is 29.5 Å². The highest BCUT2D eigenvalue weighted by Crippen LogP contribution is 2.36. The van der Waals surface area contributed by atoms with Crippen molar-refractivity contribution in [3.63, 3.8) is 0 Å². The molecule has 2 aliphatic heterocycles. The maximum Gasteiger partial charge on any atom is 0.224 e. The second-order valence-electron chi connectivity index (χ2n) is 4.11. The highest BCUT2D eigenvalue weighted by Gasteiger charge is 2.45. The summed E-state index contributed by atoms with van der Waals surface area (Å²) in [6.45, 7) is 2.41. The summed E-state index contributed by atoms with van der Waals surface area (Å²) in [5.41, 5.74) is 0.0309. The zero-order chi connectivity index (χ0) is 10.0. The van der Waals surface area contributed by atoms with Gasteiger partial charge in [-0.05, 0) is 19.3 Å². The van der Waals surface area contributed by atoms with E-state index in [1.807, 2.05) is 4.90 Å². The molecule has 0 aromatic carbocycles. The molecule has 0 aromatic rings. The van der Waals surface area contributed by atoms with Gasteiger partial charge in [0, 0.05) is 25.5 Å². The zero-order valence-electron chi connectivity index (χ0n) is 8.30. The summed E-state index contributed by atoms with van der Waals surface area (Å²) in [6, 6.07) is 0. The molecule has 14 heavy (non-hydrogen) atoms. The van der Waals surface area contributed by atoms with E-state index in [0.29, 0.717) is 12.3 Å². The van der Waals surface area contributed by atoms with Crippen LogP contribution in [0.15, 0.2) is 0 Å². The molecule has 3 nitrogen and oxygen atoms in total. The molecule has 1 unspecified atom stereocenters. The Kier molecular flexibility index (Phi) is 2.98. The van der Waals surface area contributed by atoms with Gasteiger partial charge in [0.1, 0.15) is 0 Å². The Bertz CT molecular complexity index is 221. The molecule has 80 valence electrons. The van der Waals surface area contributed by atoms with Crippen molar-refractivity contribution in [2.24, 2.45) is 0 Å². The molecular weight excluding hydrogens is 202 g/mol. The SMILES string of the molecule is O=C(CCCl)N1CCCC12CCOC2. The summed E-state index contributed by atoms with van der Waals surface area (Å²) in [5, 5.41) is 0. The average molecular weight is 218 g/mol. The molecule has 2 fully saturated rings. The molecule has 0 saturated carbocycles. The molecule has 0 N–H and O–H groups in total. The van der Waals surface area contributed by atoms with Crippen LogP contribution < -0.4 is 0 Å². The normalized spacial score (nSPS) is 31.6. The molecule has 0 aromatic heterocycles. The molecule has 1 amide bonds. The van der Waals surface area contributed by atoms with Gasteiger partial charge in [-0.25, -0.2) is 0 Å². The first-order chi connectivity index (χ1) is 6.78. The molecule has 0 radical (unpaired) electrons. The number of alkyl halides is 1. The Morgan fingerprint density at radius 3 is 3.00 bits per heavy atom. The van der Waals surface area contributed by atoms with E-state index in [-0.39, 0.29) is 11.4 Å². The Hall–Kier alpha value is -0.280. The summed E-state index contributed by atoms with van der Waals surface area (Å²) in [7, 11) is 0. The number of ether oxygens (including phenoxy) is 1. The van der Waals surface area contributed by atoms with Crippen LogP contribution in [0.25, 0.3) is 0 Å². The Morgan fingerprint density at radius 1 is 1.50 bits per heavy atom. The van der Waals surface area contributed by atoms with E-state index in [2.05, 4.69) is 0 Å². The first-order valence-corrected chi connectivity index (χ1v) is 5.76. The van der Waals surface area contributed by atoms with Crippen molar-refractivity contribution in [3.05, 3.63) is 0 Å². The summed E-state index contributed by atoms with van der Waals surface area (Å²) in [4.78, 5) is 13.8. The second kappa shape index (κ2) is 4.07. The lowest BCUT2D eigenvalue weighted by Gasteiger charge is -2.33. The van der Waals surface area contributed by atoms with Crippen molar-refractivity contribution in [3.8, 4) is 0 Å². The number of carbonyl (C=O) groups is 1. The van der Waals surface area contributed by atoms with Gasteiger partial charge in [0.05, 0.1) is 12.1 Å². The summed E-state index contributed by atoms with van der Waals surface area (Å²) in [6.07, 6.45) is 3.67. The van der Waals surface area contributed by atoms with E-state index in [0.717, 1.165) is 39.0 Å². The smallest absolute Gasteiger partial charge is 0.224 e. The Labute approximate surface area is 89.4 Å². The van der Waals surface area contributed by atoms with Crippen LogP contribution in [0.2, 0.25) is 0 Å². The summed E-state index contributed by atoms with van der Waals surface area (Å²) in [5.74, 6) is 0.620. The third-order valence-corrected chi connectivity index (χ3v) is 3.48. The molecule has 2 saturated heterocycles. The minimum absolute atomic E-state index is 0.0309. The summed E-state index contributed by atoms with van der Waals surface area (Å²) >= 11 is 5.59. The highest BCUT2D eigenvalue weighted by molar-refractivity contribution is 6.18. The molecular formula is C10H16ClNO2. The molecule has 2 aliphatic rings. The number of halogens is 1. The van der Waals surface area contributed by atoms with Crippen LogP contribution in [0.4, 0.5) is 0 Å². The number of amides is 1. The highest BCUT2D eigenvalue weighted by atomic mass is 35.5. The van der Waals surface area contributed by atoms with Crippen molar-refractivity contribution in [1.82, 2.24) is 4.90 Å². The third-order valence-electron chi connectivity index (χ3n) is 3.29. The lowest BCUT2D eigenvalue weighted by Crippen LogP contribution is -2.47. The van der Waals surface area contributed by atoms with Crippen LogP contribution in [-0.2, 0) is 9.53 Å². The molecule has 1 spiro atoms. The Morgan fingerprint density at radius 2 is 2.36 bits per heavy atom. The van der Waals surface area contributed by atoms with Crippen molar-refractivity contribution >= 4 is 17.5 Å². The molecule has 0 bridgehead atoms. The molecule has 0 aliphatic carbocycles. The molecule has 2 rings (SSSR count). The van der Waals surface area contributed by atoms with Crippen molar-refractivity contribution < 1.29 is 9.53 Å². The monoisotopic (exact) mass is 217 g/mol. The van der Waals surface area contributed by atoms with E-state index in [9.17, 15) is 4.79 Å². The first kappa shape index (κ1) is 10.2. The molecule has 4 heteroatoms. The van der Waals surface area contributed by atoms with Crippen LogP contribution in [0, 0.1) is 0 Å². The minimum Gasteiger partial charge on any atom is -0.379 e. The fourth-order valence-corrected chi connectivity index (χ4v) is 2.71. The predicted molar refractivity (Wildman–Crippen MR) is 54.5 cm³/mol. The van der Waals surface area contributed by atoms with Gasteiger partial charge in [0.2, 0.25) is 5.91 Å². The van der Waals surface area contributed by atoms with E-state index in [1.165, 1.54) is 0 Å². The fraction of sp³-hybridized carbons (Fsp3) is 0.900. The lowest BCUT2D eigenvalue weighted by atomic mass is 9.95.